The maximum atomic E-state index is 12.3. The molecule has 1 aliphatic heterocycles. The molecule has 0 saturated carbocycles. The van der Waals surface area contributed by atoms with E-state index in [1.54, 1.807) is 0 Å². The second kappa shape index (κ2) is 6.34. The number of nitrogens with zero attached hydrogens (tertiary/aromatic N) is 2. The summed E-state index contributed by atoms with van der Waals surface area (Å²) in [6.45, 7) is 5.16. The largest absolute Gasteiger partial charge is 0.383 e. The summed E-state index contributed by atoms with van der Waals surface area (Å²) in [5, 5.41) is 3.14. The number of ether oxygens (including phenoxy) is 1. The average molecular weight is 296 g/mol. The molecule has 7 heteroatoms. The highest BCUT2D eigenvalue weighted by Gasteiger charge is 2.24. The zero-order valence-corrected chi connectivity index (χ0v) is 12.9. The van der Waals surface area contributed by atoms with Crippen LogP contribution in [0.3, 0.4) is 0 Å². The highest BCUT2D eigenvalue weighted by molar-refractivity contribution is 5.61. The lowest BCUT2D eigenvalue weighted by atomic mass is 10.1. The van der Waals surface area contributed by atoms with Crippen molar-refractivity contribution in [3.63, 3.8) is 0 Å². The van der Waals surface area contributed by atoms with Crippen LogP contribution in [0.25, 0.3) is 0 Å². The predicted octanol–water partition coefficient (Wildman–Crippen LogP) is 0.519. The topological polar surface area (TPSA) is 91.3 Å². The normalized spacial score (nSPS) is 19.7. The molecular formula is C14H24N4O3. The van der Waals surface area contributed by atoms with E-state index in [0.29, 0.717) is 6.54 Å². The number of nitrogen functional groups attached to an aromatic ring is 1. The number of hydrogen-bond acceptors (Lipinski definition) is 5. The lowest BCUT2D eigenvalue weighted by Crippen LogP contribution is -2.42. The number of nitrogens with two attached hydrogens (primary N) is 1. The van der Waals surface area contributed by atoms with Gasteiger partial charge < -0.3 is 15.8 Å². The van der Waals surface area contributed by atoms with E-state index in [0.717, 1.165) is 30.4 Å². The van der Waals surface area contributed by atoms with Gasteiger partial charge in [0.15, 0.2) is 0 Å². The molecular weight excluding hydrogens is 272 g/mol. The number of hydrogen-bond donors (Lipinski definition) is 2. The van der Waals surface area contributed by atoms with Crippen LogP contribution >= 0.6 is 0 Å². The van der Waals surface area contributed by atoms with Gasteiger partial charge in [0.2, 0.25) is 0 Å². The highest BCUT2D eigenvalue weighted by atomic mass is 16.5. The fourth-order valence-electron chi connectivity index (χ4n) is 2.68. The molecule has 3 N–H and O–H groups in total. The molecule has 0 amide bonds. The van der Waals surface area contributed by atoms with E-state index in [9.17, 15) is 9.59 Å². The molecule has 1 aromatic rings. The molecule has 0 spiro atoms. The summed E-state index contributed by atoms with van der Waals surface area (Å²) in [6, 6.07) is -0.0323. The summed E-state index contributed by atoms with van der Waals surface area (Å²) in [5.41, 5.74) is 5.55. The van der Waals surface area contributed by atoms with Gasteiger partial charge in [0.25, 0.3) is 5.56 Å². The number of aromatic nitrogens is 2. The third-order valence-electron chi connectivity index (χ3n) is 3.93. The Morgan fingerprint density at radius 1 is 1.48 bits per heavy atom. The number of rotatable bonds is 5. The van der Waals surface area contributed by atoms with Gasteiger partial charge in [-0.1, -0.05) is 6.92 Å². The van der Waals surface area contributed by atoms with Gasteiger partial charge in [-0.15, -0.1) is 0 Å². The quantitative estimate of drug-likeness (QED) is 0.826. The van der Waals surface area contributed by atoms with E-state index in [4.69, 9.17) is 10.5 Å². The van der Waals surface area contributed by atoms with Crippen molar-refractivity contribution in [3.05, 3.63) is 20.8 Å². The highest BCUT2D eigenvalue weighted by Crippen LogP contribution is 2.20. The molecule has 0 aromatic carbocycles. The van der Waals surface area contributed by atoms with Gasteiger partial charge in [-0.2, -0.15) is 0 Å². The maximum absolute atomic E-state index is 12.3. The third kappa shape index (κ3) is 2.97. The molecule has 0 radical (unpaired) electrons. The summed E-state index contributed by atoms with van der Waals surface area (Å²) in [5.74, 6) is 0.204. The van der Waals surface area contributed by atoms with Crippen LogP contribution in [0.15, 0.2) is 9.59 Å². The summed E-state index contributed by atoms with van der Waals surface area (Å²) < 4.78 is 8.15. The van der Waals surface area contributed by atoms with Crippen LogP contribution in [-0.4, -0.2) is 27.9 Å². The Morgan fingerprint density at radius 2 is 2.19 bits per heavy atom. The molecule has 1 fully saturated rings. The van der Waals surface area contributed by atoms with E-state index in [1.165, 1.54) is 11.6 Å². The van der Waals surface area contributed by atoms with Crippen LogP contribution in [0, 0.1) is 0 Å². The summed E-state index contributed by atoms with van der Waals surface area (Å²) in [6.07, 6.45) is 2.83. The lowest BCUT2D eigenvalue weighted by molar-refractivity contribution is 0.0996. The fraction of sp³-hybridized carbons (Fsp3) is 0.714. The van der Waals surface area contributed by atoms with Gasteiger partial charge in [0.1, 0.15) is 11.5 Å². The van der Waals surface area contributed by atoms with Gasteiger partial charge in [-0.3, -0.25) is 13.9 Å². The van der Waals surface area contributed by atoms with E-state index < -0.39 is 5.56 Å². The van der Waals surface area contributed by atoms with Crippen LogP contribution in [0.2, 0.25) is 0 Å². The minimum Gasteiger partial charge on any atom is -0.383 e. The predicted molar refractivity (Wildman–Crippen MR) is 82.7 cm³/mol. The molecule has 1 aromatic heterocycles. The minimum absolute atomic E-state index is 0.0323. The van der Waals surface area contributed by atoms with Crippen LogP contribution in [-0.2, 0) is 18.3 Å². The average Bonchev–Trinajstić information content (AvgIpc) is 3.00. The van der Waals surface area contributed by atoms with Gasteiger partial charge in [0.05, 0.1) is 6.10 Å². The first-order valence-corrected chi connectivity index (χ1v) is 7.44. The molecule has 0 bridgehead atoms. The molecule has 2 atom stereocenters. The second-order valence-electron chi connectivity index (χ2n) is 5.54. The summed E-state index contributed by atoms with van der Waals surface area (Å²) in [4.78, 5) is 24.4. The van der Waals surface area contributed by atoms with Crippen molar-refractivity contribution in [2.24, 2.45) is 7.05 Å². The first-order chi connectivity index (χ1) is 9.97. The zero-order valence-electron chi connectivity index (χ0n) is 12.9. The van der Waals surface area contributed by atoms with Gasteiger partial charge >= 0.3 is 5.69 Å². The summed E-state index contributed by atoms with van der Waals surface area (Å²) >= 11 is 0. The zero-order chi connectivity index (χ0) is 15.6. The van der Waals surface area contributed by atoms with Crippen LogP contribution in [0.4, 0.5) is 11.5 Å². The van der Waals surface area contributed by atoms with E-state index in [2.05, 4.69) is 5.32 Å². The Morgan fingerprint density at radius 3 is 2.76 bits per heavy atom. The van der Waals surface area contributed by atoms with E-state index in [-0.39, 0.29) is 29.3 Å². The molecule has 21 heavy (non-hydrogen) atoms. The molecule has 118 valence electrons. The van der Waals surface area contributed by atoms with Gasteiger partial charge in [0, 0.05) is 26.2 Å². The van der Waals surface area contributed by atoms with Crippen LogP contribution in [0.5, 0.6) is 0 Å². The Bertz CT molecular complexity index is 614. The first kappa shape index (κ1) is 15.6. The fourth-order valence-corrected chi connectivity index (χ4v) is 2.68. The van der Waals surface area contributed by atoms with Crippen molar-refractivity contribution in [1.82, 2.24) is 9.13 Å². The smallest absolute Gasteiger partial charge is 0.332 e. The molecule has 2 rings (SSSR count). The molecule has 0 aliphatic carbocycles. The SMILES string of the molecule is CCCn1c(N)c(NC(C)C2CCCO2)c(=O)n(C)c1=O. The van der Waals surface area contributed by atoms with Crippen LogP contribution < -0.4 is 22.3 Å². The Labute approximate surface area is 123 Å². The monoisotopic (exact) mass is 296 g/mol. The molecule has 7 nitrogen and oxygen atoms in total. The van der Waals surface area contributed by atoms with Gasteiger partial charge in [-0.25, -0.2) is 4.79 Å². The van der Waals surface area contributed by atoms with Crippen LogP contribution in [0.1, 0.15) is 33.1 Å². The molecule has 2 heterocycles. The van der Waals surface area contributed by atoms with E-state index >= 15 is 0 Å². The second-order valence-corrected chi connectivity index (χ2v) is 5.54. The van der Waals surface area contributed by atoms with Crippen molar-refractivity contribution >= 4 is 11.5 Å². The Kier molecular flexibility index (Phi) is 4.72. The van der Waals surface area contributed by atoms with Crippen molar-refractivity contribution in [2.45, 2.75) is 51.8 Å². The van der Waals surface area contributed by atoms with Gasteiger partial charge in [-0.05, 0) is 26.2 Å². The molecule has 1 saturated heterocycles. The van der Waals surface area contributed by atoms with Crippen molar-refractivity contribution in [2.75, 3.05) is 17.7 Å². The number of nitrogens with one attached hydrogen (secondary N) is 1. The standard InChI is InChI=1S/C14H24N4O3/c1-4-7-18-12(15)11(13(19)17(3)14(18)20)16-9(2)10-6-5-8-21-10/h9-10,16H,4-8,15H2,1-3H3. The maximum Gasteiger partial charge on any atom is 0.332 e. The Hall–Kier alpha value is -1.76. The lowest BCUT2D eigenvalue weighted by Gasteiger charge is -2.23. The molecule has 1 aliphatic rings. The number of anilines is 2. The Balaban J connectivity index is 2.38. The minimum atomic E-state index is -0.394. The van der Waals surface area contributed by atoms with Crippen molar-refractivity contribution < 1.29 is 4.74 Å². The van der Waals surface area contributed by atoms with Crippen molar-refractivity contribution in [1.29, 1.82) is 0 Å². The van der Waals surface area contributed by atoms with Crippen molar-refractivity contribution in [3.8, 4) is 0 Å². The first-order valence-electron chi connectivity index (χ1n) is 7.44. The van der Waals surface area contributed by atoms with E-state index in [1.807, 2.05) is 13.8 Å². The summed E-state index contributed by atoms with van der Waals surface area (Å²) in [7, 11) is 1.47. The third-order valence-corrected chi connectivity index (χ3v) is 3.93. The molecule has 2 unspecified atom stereocenters.